The minimum atomic E-state index is 0.605. The first-order chi connectivity index (χ1) is 24.3. The highest BCUT2D eigenvalue weighted by molar-refractivity contribution is 7.26. The number of hydrogen-bond acceptors (Lipinski definition) is 6. The second kappa shape index (κ2) is 10.1. The molecule has 0 amide bonds. The van der Waals surface area contributed by atoms with Gasteiger partial charge >= 0.3 is 0 Å². The van der Waals surface area contributed by atoms with E-state index in [1.165, 1.54) is 4.70 Å². The maximum atomic E-state index is 6.61. The summed E-state index contributed by atoms with van der Waals surface area (Å²) in [6, 6.07) is 50.1. The Hall–Kier alpha value is -6.37. The van der Waals surface area contributed by atoms with E-state index in [1.807, 2.05) is 54.6 Å². The molecule has 0 radical (unpaired) electrons. The van der Waals surface area contributed by atoms with Gasteiger partial charge in [-0.3, -0.25) is 0 Å². The number of benzene rings is 7. The summed E-state index contributed by atoms with van der Waals surface area (Å²) in [6.07, 6.45) is 0. The number of thiophene rings is 1. The van der Waals surface area contributed by atoms with Crippen molar-refractivity contribution in [2.75, 3.05) is 4.90 Å². The molecule has 0 fully saturated rings. The fraction of sp³-hybridized carbons (Fsp3) is 0. The molecule has 0 spiro atoms. The standard InChI is InChI=1S/C43H24N2O3S/c1-2-10-25(11-3-1)43-44-41-38(48-43)24-33(42-40(41)30-14-6-9-17-39(30)49-42)45(26-18-20-36-31(22-26)28-12-4-7-15-34(28)46-36)27-19-21-37-32(23-27)29-13-5-8-16-35(29)47-37/h1-24H. The van der Waals surface area contributed by atoms with E-state index in [9.17, 15) is 0 Å². The fourth-order valence-corrected chi connectivity index (χ4v) is 8.47. The minimum Gasteiger partial charge on any atom is -0.456 e. The van der Waals surface area contributed by atoms with E-state index < -0.39 is 0 Å². The minimum absolute atomic E-state index is 0.605. The van der Waals surface area contributed by atoms with Crippen LogP contribution in [0.4, 0.5) is 17.1 Å². The number of nitrogens with zero attached hydrogens (tertiary/aromatic N) is 2. The molecule has 11 aromatic rings. The monoisotopic (exact) mass is 648 g/mol. The lowest BCUT2D eigenvalue weighted by Crippen LogP contribution is -2.10. The molecule has 4 aromatic heterocycles. The van der Waals surface area contributed by atoms with Gasteiger partial charge in [-0.05, 0) is 66.7 Å². The summed E-state index contributed by atoms with van der Waals surface area (Å²) in [7, 11) is 0. The Morgan fingerprint density at radius 2 is 1.04 bits per heavy atom. The van der Waals surface area contributed by atoms with Crippen LogP contribution >= 0.6 is 11.3 Å². The highest BCUT2D eigenvalue weighted by Gasteiger charge is 2.25. The third-order valence-electron chi connectivity index (χ3n) is 9.48. The first kappa shape index (κ1) is 26.7. The first-order valence-corrected chi connectivity index (χ1v) is 17.0. The van der Waals surface area contributed by atoms with Gasteiger partial charge in [0.1, 0.15) is 27.8 Å². The van der Waals surface area contributed by atoms with Crippen LogP contribution in [-0.4, -0.2) is 4.98 Å². The lowest BCUT2D eigenvalue weighted by Gasteiger charge is -2.26. The van der Waals surface area contributed by atoms with Gasteiger partial charge in [0.05, 0.1) is 10.4 Å². The summed E-state index contributed by atoms with van der Waals surface area (Å²) >= 11 is 1.78. The van der Waals surface area contributed by atoms with Gasteiger partial charge in [0.25, 0.3) is 0 Å². The Balaban J connectivity index is 1.25. The third-order valence-corrected chi connectivity index (χ3v) is 10.7. The molecule has 7 aromatic carbocycles. The predicted octanol–water partition coefficient (Wildman–Crippen LogP) is 13.1. The van der Waals surface area contributed by atoms with E-state index in [1.54, 1.807) is 11.3 Å². The molecule has 11 rings (SSSR count). The predicted molar refractivity (Wildman–Crippen MR) is 202 cm³/mol. The second-order valence-corrected chi connectivity index (χ2v) is 13.4. The van der Waals surface area contributed by atoms with Crippen LogP contribution in [0.25, 0.3) is 86.6 Å². The SMILES string of the molecule is c1ccc(-c2nc3c(cc(N(c4ccc5oc6ccccc6c5c4)c4ccc5oc6ccccc6c5c4)c4sc5ccccc5c43)o2)cc1. The van der Waals surface area contributed by atoms with Crippen molar-refractivity contribution in [1.29, 1.82) is 0 Å². The first-order valence-electron chi connectivity index (χ1n) is 16.2. The summed E-state index contributed by atoms with van der Waals surface area (Å²) in [5, 5.41) is 6.55. The number of hydrogen-bond donors (Lipinski definition) is 0. The van der Waals surface area contributed by atoms with Crippen molar-refractivity contribution >= 4 is 104 Å². The van der Waals surface area contributed by atoms with Crippen molar-refractivity contribution in [3.05, 3.63) is 146 Å². The van der Waals surface area contributed by atoms with Crippen LogP contribution < -0.4 is 4.90 Å². The molecule has 4 heterocycles. The summed E-state index contributed by atoms with van der Waals surface area (Å²) in [6.45, 7) is 0. The lowest BCUT2D eigenvalue weighted by atomic mass is 10.1. The number of aromatic nitrogens is 1. The van der Waals surface area contributed by atoms with E-state index in [2.05, 4.69) is 95.9 Å². The van der Waals surface area contributed by atoms with Crippen molar-refractivity contribution in [3.8, 4) is 11.5 Å². The zero-order valence-corrected chi connectivity index (χ0v) is 26.7. The Morgan fingerprint density at radius 1 is 0.469 bits per heavy atom. The topological polar surface area (TPSA) is 55.6 Å². The molecule has 0 N–H and O–H groups in total. The van der Waals surface area contributed by atoms with Gasteiger partial charge in [0.2, 0.25) is 5.89 Å². The van der Waals surface area contributed by atoms with Crippen LogP contribution in [-0.2, 0) is 0 Å². The Labute approximate surface area is 282 Å². The average molecular weight is 649 g/mol. The number of furan rings is 2. The second-order valence-electron chi connectivity index (χ2n) is 12.3. The van der Waals surface area contributed by atoms with E-state index in [0.29, 0.717) is 5.89 Å². The molecule has 0 aliphatic carbocycles. The maximum absolute atomic E-state index is 6.61. The van der Waals surface area contributed by atoms with Crippen LogP contribution in [0.3, 0.4) is 0 Å². The highest BCUT2D eigenvalue weighted by atomic mass is 32.1. The molecule has 6 heteroatoms. The Bertz CT molecular complexity index is 2960. The van der Waals surface area contributed by atoms with Crippen LogP contribution in [0.15, 0.2) is 159 Å². The Morgan fingerprint density at radius 3 is 1.71 bits per heavy atom. The van der Waals surface area contributed by atoms with Gasteiger partial charge in [-0.2, -0.15) is 0 Å². The van der Waals surface area contributed by atoms with Gasteiger partial charge in [0.15, 0.2) is 5.58 Å². The zero-order valence-electron chi connectivity index (χ0n) is 25.9. The van der Waals surface area contributed by atoms with Gasteiger partial charge in [-0.25, -0.2) is 4.98 Å². The van der Waals surface area contributed by atoms with Gasteiger partial charge in [-0.15, -0.1) is 11.3 Å². The Kier molecular flexibility index (Phi) is 5.48. The summed E-state index contributed by atoms with van der Waals surface area (Å²) in [5.41, 5.74) is 9.02. The zero-order chi connectivity index (χ0) is 32.1. The number of anilines is 3. The molecule has 0 saturated carbocycles. The summed E-state index contributed by atoms with van der Waals surface area (Å²) < 4.78 is 21.5. The van der Waals surface area contributed by atoms with Crippen molar-refractivity contribution < 1.29 is 13.3 Å². The molecule has 0 saturated heterocycles. The quantitative estimate of drug-likeness (QED) is 0.190. The van der Waals surface area contributed by atoms with E-state index >= 15 is 0 Å². The summed E-state index contributed by atoms with van der Waals surface area (Å²) in [5.74, 6) is 0.605. The number of rotatable bonds is 4. The van der Waals surface area contributed by atoms with Crippen molar-refractivity contribution in [1.82, 2.24) is 4.98 Å². The smallest absolute Gasteiger partial charge is 0.227 e. The number of fused-ring (bicyclic) bond motifs is 11. The molecule has 230 valence electrons. The molecular formula is C43H24N2O3S. The maximum Gasteiger partial charge on any atom is 0.227 e. The fourth-order valence-electron chi connectivity index (χ4n) is 7.26. The van der Waals surface area contributed by atoms with Crippen LogP contribution in [0.5, 0.6) is 0 Å². The normalized spacial score (nSPS) is 12.1. The van der Waals surface area contributed by atoms with E-state index in [0.717, 1.165) is 93.1 Å². The highest BCUT2D eigenvalue weighted by Crippen LogP contribution is 2.49. The average Bonchev–Trinajstić information content (AvgIpc) is 3.93. The van der Waals surface area contributed by atoms with Crippen molar-refractivity contribution in [2.24, 2.45) is 0 Å². The van der Waals surface area contributed by atoms with Crippen LogP contribution in [0, 0.1) is 0 Å². The van der Waals surface area contributed by atoms with Crippen molar-refractivity contribution in [3.63, 3.8) is 0 Å². The molecule has 0 aliphatic heterocycles. The molecule has 0 unspecified atom stereocenters. The third kappa shape index (κ3) is 3.95. The molecule has 0 bridgehead atoms. The molecule has 0 atom stereocenters. The van der Waals surface area contributed by atoms with E-state index in [4.69, 9.17) is 18.2 Å². The number of para-hydroxylation sites is 2. The van der Waals surface area contributed by atoms with Crippen molar-refractivity contribution in [2.45, 2.75) is 0 Å². The van der Waals surface area contributed by atoms with Gasteiger partial charge in [-0.1, -0.05) is 72.8 Å². The van der Waals surface area contributed by atoms with Gasteiger partial charge in [0, 0.05) is 60.0 Å². The van der Waals surface area contributed by atoms with Gasteiger partial charge < -0.3 is 18.2 Å². The molecule has 5 nitrogen and oxygen atoms in total. The molecular weight excluding hydrogens is 625 g/mol. The van der Waals surface area contributed by atoms with E-state index in [-0.39, 0.29) is 0 Å². The largest absolute Gasteiger partial charge is 0.456 e. The van der Waals surface area contributed by atoms with Crippen LogP contribution in [0.2, 0.25) is 0 Å². The molecule has 0 aliphatic rings. The number of oxazole rings is 1. The molecule has 49 heavy (non-hydrogen) atoms. The summed E-state index contributed by atoms with van der Waals surface area (Å²) in [4.78, 5) is 7.45. The van der Waals surface area contributed by atoms with Crippen LogP contribution in [0.1, 0.15) is 0 Å². The lowest BCUT2D eigenvalue weighted by molar-refractivity contribution is 0.620.